The Hall–Kier alpha value is -2.90. The van der Waals surface area contributed by atoms with Crippen LogP contribution in [0.5, 0.6) is 0 Å². The maximum Gasteiger partial charge on any atom is 0.306 e. The monoisotopic (exact) mass is 1080 g/mol. The Morgan fingerprint density at radius 1 is 0.532 bits per heavy atom. The summed E-state index contributed by atoms with van der Waals surface area (Å²) < 4.78 is 17.6. The molecule has 6 N–H and O–H groups in total. The van der Waals surface area contributed by atoms with Crippen LogP contribution in [0.25, 0.3) is 0 Å². The third-order valence-electron chi connectivity index (χ3n) is 14.7. The lowest BCUT2D eigenvalue weighted by atomic mass is 9.99. The molecular formula is C66H117NO10. The molecule has 0 aromatic heterocycles. The summed E-state index contributed by atoms with van der Waals surface area (Å²) in [5.74, 6) is -1.22. The number of hydrogen-bond donors (Lipinski definition) is 6. The van der Waals surface area contributed by atoms with Gasteiger partial charge >= 0.3 is 5.97 Å². The Balaban J connectivity index is 2.65. The second-order valence-electron chi connectivity index (χ2n) is 21.8. The molecule has 1 saturated heterocycles. The largest absolute Gasteiger partial charge is 0.454 e. The summed E-state index contributed by atoms with van der Waals surface area (Å²) >= 11 is 0. The van der Waals surface area contributed by atoms with Gasteiger partial charge in [0.05, 0.1) is 25.4 Å². The van der Waals surface area contributed by atoms with Crippen LogP contribution in [0.2, 0.25) is 0 Å². The van der Waals surface area contributed by atoms with Gasteiger partial charge in [-0.1, -0.05) is 261 Å². The van der Waals surface area contributed by atoms with E-state index in [1.165, 1.54) is 141 Å². The van der Waals surface area contributed by atoms with Gasteiger partial charge in [0.25, 0.3) is 0 Å². The molecule has 1 fully saturated rings. The molecule has 11 nitrogen and oxygen atoms in total. The molecule has 8 atom stereocenters. The van der Waals surface area contributed by atoms with Crippen molar-refractivity contribution in [1.82, 2.24) is 5.32 Å². The number of aliphatic hydroxyl groups excluding tert-OH is 5. The van der Waals surface area contributed by atoms with Gasteiger partial charge in [-0.15, -0.1) is 0 Å². The minimum atomic E-state index is -1.62. The van der Waals surface area contributed by atoms with E-state index in [9.17, 15) is 35.1 Å². The van der Waals surface area contributed by atoms with E-state index in [0.29, 0.717) is 12.8 Å². The van der Waals surface area contributed by atoms with Crippen molar-refractivity contribution in [3.63, 3.8) is 0 Å². The first-order valence-electron chi connectivity index (χ1n) is 31.7. The first-order chi connectivity index (χ1) is 37.7. The van der Waals surface area contributed by atoms with Crippen molar-refractivity contribution in [2.75, 3.05) is 13.2 Å². The number of rotatable bonds is 53. The molecule has 1 heterocycles. The van der Waals surface area contributed by atoms with Crippen molar-refractivity contribution in [3.05, 3.63) is 72.9 Å². The minimum absolute atomic E-state index is 0.0988. The van der Waals surface area contributed by atoms with Crippen molar-refractivity contribution in [2.24, 2.45) is 0 Å². The summed E-state index contributed by atoms with van der Waals surface area (Å²) in [6, 6.07) is -1.03. The van der Waals surface area contributed by atoms with Crippen molar-refractivity contribution in [3.8, 4) is 0 Å². The number of ether oxygens (including phenoxy) is 3. The van der Waals surface area contributed by atoms with E-state index >= 15 is 0 Å². The summed E-state index contributed by atoms with van der Waals surface area (Å²) in [5.41, 5.74) is 0. The predicted molar refractivity (Wildman–Crippen MR) is 319 cm³/mol. The summed E-state index contributed by atoms with van der Waals surface area (Å²) in [6.07, 6.45) is 58.0. The normalized spacial score (nSPS) is 19.5. The molecule has 77 heavy (non-hydrogen) atoms. The van der Waals surface area contributed by atoms with Crippen LogP contribution in [-0.4, -0.2) is 99.6 Å². The number of carbonyl (C=O) groups is 2. The molecular weight excluding hydrogens is 967 g/mol. The first-order valence-corrected chi connectivity index (χ1v) is 31.7. The van der Waals surface area contributed by atoms with E-state index in [2.05, 4.69) is 68.6 Å². The number of carbonyl (C=O) groups excluding carboxylic acids is 2. The Kier molecular flexibility index (Phi) is 50.3. The lowest BCUT2D eigenvalue weighted by molar-refractivity contribution is -0.305. The zero-order valence-corrected chi connectivity index (χ0v) is 49.3. The Bertz CT molecular complexity index is 1530. The summed E-state index contributed by atoms with van der Waals surface area (Å²) in [6.45, 7) is 5.63. The van der Waals surface area contributed by atoms with Gasteiger partial charge < -0.3 is 45.1 Å². The van der Waals surface area contributed by atoms with Gasteiger partial charge in [-0.25, -0.2) is 0 Å². The fraction of sp³-hybridized carbons (Fsp3) is 0.788. The maximum absolute atomic E-state index is 13.4. The van der Waals surface area contributed by atoms with Gasteiger partial charge in [0.1, 0.15) is 24.4 Å². The highest BCUT2D eigenvalue weighted by molar-refractivity contribution is 5.80. The van der Waals surface area contributed by atoms with Crippen molar-refractivity contribution in [2.45, 2.75) is 320 Å². The van der Waals surface area contributed by atoms with Crippen LogP contribution in [0, 0.1) is 0 Å². The van der Waals surface area contributed by atoms with Gasteiger partial charge in [-0.05, 0) is 77.0 Å². The number of allylic oxidation sites excluding steroid dienone is 11. The summed E-state index contributed by atoms with van der Waals surface area (Å²) in [7, 11) is 0. The molecule has 0 aromatic carbocycles. The Morgan fingerprint density at radius 2 is 0.987 bits per heavy atom. The average molecular weight is 1080 g/mol. The molecule has 8 unspecified atom stereocenters. The molecule has 0 aliphatic carbocycles. The van der Waals surface area contributed by atoms with Crippen LogP contribution >= 0.6 is 0 Å². The second kappa shape index (κ2) is 53.7. The number of aliphatic hydroxyl groups is 5. The predicted octanol–water partition coefficient (Wildman–Crippen LogP) is 15.2. The molecule has 1 aliphatic rings. The Labute approximate surface area is 471 Å². The highest BCUT2D eigenvalue weighted by Gasteiger charge is 2.47. The van der Waals surface area contributed by atoms with Gasteiger partial charge in [0, 0.05) is 6.42 Å². The summed E-state index contributed by atoms with van der Waals surface area (Å²) in [5, 5.41) is 57.0. The van der Waals surface area contributed by atoms with Crippen LogP contribution in [0.1, 0.15) is 271 Å². The fourth-order valence-electron chi connectivity index (χ4n) is 9.62. The van der Waals surface area contributed by atoms with Crippen molar-refractivity contribution >= 4 is 11.9 Å². The molecule has 1 amide bonds. The van der Waals surface area contributed by atoms with Gasteiger partial charge in [0.15, 0.2) is 12.4 Å². The molecule has 0 spiro atoms. The second-order valence-corrected chi connectivity index (χ2v) is 21.8. The number of nitrogens with one attached hydrogen (secondary N) is 1. The summed E-state index contributed by atoms with van der Waals surface area (Å²) in [4.78, 5) is 26.5. The lowest BCUT2D eigenvalue weighted by Crippen LogP contribution is -2.61. The van der Waals surface area contributed by atoms with Crippen LogP contribution in [-0.2, 0) is 23.8 Å². The highest BCUT2D eigenvalue weighted by atomic mass is 16.7. The third-order valence-corrected chi connectivity index (χ3v) is 14.7. The van der Waals surface area contributed by atoms with E-state index in [-0.39, 0.29) is 19.4 Å². The molecule has 446 valence electrons. The Morgan fingerprint density at radius 3 is 1.52 bits per heavy atom. The first kappa shape index (κ1) is 72.1. The molecule has 0 radical (unpaired) electrons. The molecule has 0 aromatic rings. The molecule has 0 saturated carbocycles. The van der Waals surface area contributed by atoms with Crippen LogP contribution in [0.15, 0.2) is 72.9 Å². The van der Waals surface area contributed by atoms with Gasteiger partial charge in [-0.3, -0.25) is 9.59 Å². The molecule has 1 rings (SSSR count). The van der Waals surface area contributed by atoms with Crippen molar-refractivity contribution < 1.29 is 49.3 Å². The number of esters is 1. The van der Waals surface area contributed by atoms with E-state index in [0.717, 1.165) is 83.5 Å². The number of hydrogen-bond acceptors (Lipinski definition) is 10. The van der Waals surface area contributed by atoms with E-state index in [1.54, 1.807) is 6.08 Å². The van der Waals surface area contributed by atoms with E-state index < -0.39 is 67.4 Å². The third kappa shape index (κ3) is 41.7. The average Bonchev–Trinajstić information content (AvgIpc) is 3.43. The molecule has 0 bridgehead atoms. The fourth-order valence-corrected chi connectivity index (χ4v) is 9.62. The minimum Gasteiger partial charge on any atom is -0.454 e. The quantitative estimate of drug-likeness (QED) is 0.0149. The van der Waals surface area contributed by atoms with Crippen molar-refractivity contribution in [1.29, 1.82) is 0 Å². The zero-order valence-electron chi connectivity index (χ0n) is 49.3. The van der Waals surface area contributed by atoms with E-state index in [4.69, 9.17) is 14.2 Å². The maximum atomic E-state index is 13.4. The smallest absolute Gasteiger partial charge is 0.306 e. The van der Waals surface area contributed by atoms with E-state index in [1.807, 2.05) is 24.3 Å². The van der Waals surface area contributed by atoms with Gasteiger partial charge in [-0.2, -0.15) is 0 Å². The van der Waals surface area contributed by atoms with Crippen LogP contribution in [0.3, 0.4) is 0 Å². The lowest BCUT2D eigenvalue weighted by Gasteiger charge is -2.41. The number of unbranched alkanes of at least 4 members (excludes halogenated alkanes) is 31. The number of amides is 1. The standard InChI is InChI=1S/C66H117NO10/c1-4-7-10-13-16-19-22-25-26-27-28-29-30-31-32-33-36-38-41-44-47-50-53-59(70)65(74)67-57(58(69)52-49-46-43-40-37-34-23-20-17-14-11-8-5-2)56-75-66-64(63(73)62(72)60(55-68)76-66)77-61(71)54-51-48-45-42-39-35-24-21-18-15-12-9-6-3/h9,12,15-16,18-19,21,24-26,49,52,57-60,62-64,66,68-70,72-73H,4-8,10-11,13-14,17,20,22-23,27-48,50-51,53-56H2,1-3H3,(H,67,74)/b12-9+,18-15+,19-16-,24-21-,26-25-,52-49+. The van der Waals surface area contributed by atoms with Crippen LogP contribution in [0.4, 0.5) is 0 Å². The highest BCUT2D eigenvalue weighted by Crippen LogP contribution is 2.26. The molecule has 1 aliphatic heterocycles. The van der Waals surface area contributed by atoms with Crippen LogP contribution < -0.4 is 5.32 Å². The zero-order chi connectivity index (χ0) is 56.1. The SMILES string of the molecule is CC/C=C/C=C/C=C\CCCCCCCC(=O)OC1C(OCC(NC(=O)C(O)CCCCCCCCCCCCCC/C=C\C/C=C\CCCCC)C(O)/C=C/CCCCCCCCCCCCC)OC(CO)C(O)C1O. The van der Waals surface area contributed by atoms with Gasteiger partial charge in [0.2, 0.25) is 5.91 Å². The topological polar surface area (TPSA) is 175 Å². The molecule has 11 heteroatoms.